The lowest BCUT2D eigenvalue weighted by molar-refractivity contribution is 0.360. The van der Waals surface area contributed by atoms with Crippen molar-refractivity contribution in [3.8, 4) is 0 Å². The van der Waals surface area contributed by atoms with Crippen LogP contribution < -0.4 is 10.2 Å². The van der Waals surface area contributed by atoms with E-state index >= 15 is 0 Å². The van der Waals surface area contributed by atoms with Crippen LogP contribution in [-0.4, -0.2) is 54.6 Å². The Labute approximate surface area is 122 Å². The van der Waals surface area contributed by atoms with Crippen molar-refractivity contribution in [2.24, 2.45) is 0 Å². The van der Waals surface area contributed by atoms with Crippen LogP contribution >= 0.6 is 0 Å². The largest absolute Gasteiger partial charge is 0.370 e. The second-order valence-corrected chi connectivity index (χ2v) is 5.46. The molecule has 1 saturated heterocycles. The molecule has 20 heavy (non-hydrogen) atoms. The molecule has 1 aliphatic rings. The molecule has 1 aromatic heterocycles. The summed E-state index contributed by atoms with van der Waals surface area (Å²) in [6.07, 6.45) is 2.07. The summed E-state index contributed by atoms with van der Waals surface area (Å²) in [5, 5.41) is 3.37. The summed E-state index contributed by atoms with van der Waals surface area (Å²) >= 11 is 0. The standard InChI is InChI=1S/C15H27N5/c1-5-13-17-14(16-6-2)12(3)15(18-13)20-9-7-8-19(4)10-11-20/h5-11H2,1-4H3,(H,16,17,18). The van der Waals surface area contributed by atoms with Gasteiger partial charge in [-0.15, -0.1) is 0 Å². The van der Waals surface area contributed by atoms with E-state index in [-0.39, 0.29) is 0 Å². The fraction of sp³-hybridized carbons (Fsp3) is 0.733. The lowest BCUT2D eigenvalue weighted by Gasteiger charge is -2.25. The van der Waals surface area contributed by atoms with Gasteiger partial charge in [0.2, 0.25) is 0 Å². The molecule has 0 radical (unpaired) electrons. The van der Waals surface area contributed by atoms with E-state index < -0.39 is 0 Å². The van der Waals surface area contributed by atoms with Gasteiger partial charge < -0.3 is 15.1 Å². The van der Waals surface area contributed by atoms with E-state index in [1.54, 1.807) is 0 Å². The molecule has 2 rings (SSSR count). The third-order valence-electron chi connectivity index (χ3n) is 3.85. The predicted octanol–water partition coefficient (Wildman–Crippen LogP) is 1.92. The van der Waals surface area contributed by atoms with E-state index in [0.717, 1.165) is 50.1 Å². The van der Waals surface area contributed by atoms with Crippen LogP contribution in [0.5, 0.6) is 0 Å². The van der Waals surface area contributed by atoms with Gasteiger partial charge in [0.05, 0.1) is 0 Å². The average Bonchev–Trinajstić information content (AvgIpc) is 2.66. The van der Waals surface area contributed by atoms with Crippen LogP contribution in [0.25, 0.3) is 0 Å². The fourth-order valence-electron chi connectivity index (χ4n) is 2.61. The number of anilines is 2. The van der Waals surface area contributed by atoms with Crippen LogP contribution in [0.1, 0.15) is 31.7 Å². The number of aromatic nitrogens is 2. The van der Waals surface area contributed by atoms with Gasteiger partial charge in [0, 0.05) is 38.2 Å². The summed E-state index contributed by atoms with van der Waals surface area (Å²) in [4.78, 5) is 14.2. The number of aryl methyl sites for hydroxylation is 1. The zero-order valence-electron chi connectivity index (χ0n) is 13.2. The van der Waals surface area contributed by atoms with Gasteiger partial charge in [-0.2, -0.15) is 0 Å². The van der Waals surface area contributed by atoms with Gasteiger partial charge in [0.25, 0.3) is 0 Å². The van der Waals surface area contributed by atoms with Gasteiger partial charge in [0.15, 0.2) is 0 Å². The second-order valence-electron chi connectivity index (χ2n) is 5.46. The van der Waals surface area contributed by atoms with Crippen LogP contribution in [0.3, 0.4) is 0 Å². The molecule has 0 amide bonds. The summed E-state index contributed by atoms with van der Waals surface area (Å²) in [5.74, 6) is 3.04. The third-order valence-corrected chi connectivity index (χ3v) is 3.85. The molecule has 0 spiro atoms. The molecule has 0 aromatic carbocycles. The molecule has 0 aliphatic carbocycles. The van der Waals surface area contributed by atoms with Crippen molar-refractivity contribution >= 4 is 11.6 Å². The van der Waals surface area contributed by atoms with Gasteiger partial charge in [-0.3, -0.25) is 0 Å². The molecule has 1 fully saturated rings. The molecule has 5 heteroatoms. The van der Waals surface area contributed by atoms with Crippen molar-refractivity contribution in [2.45, 2.75) is 33.6 Å². The molecule has 0 bridgehead atoms. The number of nitrogens with one attached hydrogen (secondary N) is 1. The average molecular weight is 277 g/mol. The molecular formula is C15H27N5. The fourth-order valence-corrected chi connectivity index (χ4v) is 2.61. The summed E-state index contributed by atoms with van der Waals surface area (Å²) in [6.45, 7) is 11.6. The number of hydrogen-bond donors (Lipinski definition) is 1. The van der Waals surface area contributed by atoms with Crippen molar-refractivity contribution in [2.75, 3.05) is 50.0 Å². The molecule has 5 nitrogen and oxygen atoms in total. The molecule has 0 unspecified atom stereocenters. The Bertz CT molecular complexity index is 446. The lowest BCUT2D eigenvalue weighted by atomic mass is 10.2. The molecule has 1 aliphatic heterocycles. The SMILES string of the molecule is CCNc1nc(CC)nc(N2CCCN(C)CC2)c1C. The zero-order chi connectivity index (χ0) is 14.5. The molecule has 0 atom stereocenters. The Morgan fingerprint density at radius 1 is 1.10 bits per heavy atom. The predicted molar refractivity (Wildman–Crippen MR) is 84.6 cm³/mol. The van der Waals surface area contributed by atoms with Crippen molar-refractivity contribution in [1.29, 1.82) is 0 Å². The van der Waals surface area contributed by atoms with Gasteiger partial charge in [-0.05, 0) is 33.9 Å². The van der Waals surface area contributed by atoms with E-state index in [1.165, 1.54) is 18.5 Å². The first-order valence-electron chi connectivity index (χ1n) is 7.70. The molecule has 0 saturated carbocycles. The van der Waals surface area contributed by atoms with Crippen LogP contribution in [-0.2, 0) is 6.42 Å². The Morgan fingerprint density at radius 3 is 2.60 bits per heavy atom. The number of rotatable bonds is 4. The van der Waals surface area contributed by atoms with Crippen molar-refractivity contribution < 1.29 is 0 Å². The van der Waals surface area contributed by atoms with Gasteiger partial charge in [-0.25, -0.2) is 9.97 Å². The van der Waals surface area contributed by atoms with E-state index in [1.807, 2.05) is 0 Å². The first-order chi connectivity index (χ1) is 9.65. The summed E-state index contributed by atoms with van der Waals surface area (Å²) < 4.78 is 0. The monoisotopic (exact) mass is 277 g/mol. The quantitative estimate of drug-likeness (QED) is 0.911. The number of nitrogens with zero attached hydrogens (tertiary/aromatic N) is 4. The van der Waals surface area contributed by atoms with E-state index in [0.29, 0.717) is 0 Å². The van der Waals surface area contributed by atoms with Crippen molar-refractivity contribution in [1.82, 2.24) is 14.9 Å². The number of hydrogen-bond acceptors (Lipinski definition) is 5. The highest BCUT2D eigenvalue weighted by Gasteiger charge is 2.18. The van der Waals surface area contributed by atoms with E-state index in [4.69, 9.17) is 4.98 Å². The maximum atomic E-state index is 4.78. The highest BCUT2D eigenvalue weighted by molar-refractivity contribution is 5.58. The van der Waals surface area contributed by atoms with Crippen LogP contribution in [0.2, 0.25) is 0 Å². The minimum absolute atomic E-state index is 0.874. The van der Waals surface area contributed by atoms with E-state index in [2.05, 4.69) is 47.9 Å². The maximum absolute atomic E-state index is 4.78. The highest BCUT2D eigenvalue weighted by atomic mass is 15.3. The second kappa shape index (κ2) is 6.88. The zero-order valence-corrected chi connectivity index (χ0v) is 13.2. The van der Waals surface area contributed by atoms with Gasteiger partial charge >= 0.3 is 0 Å². The van der Waals surface area contributed by atoms with Crippen LogP contribution in [0, 0.1) is 6.92 Å². The van der Waals surface area contributed by atoms with Crippen molar-refractivity contribution in [3.63, 3.8) is 0 Å². The smallest absolute Gasteiger partial charge is 0.137 e. The molecule has 2 heterocycles. The third kappa shape index (κ3) is 3.39. The first-order valence-corrected chi connectivity index (χ1v) is 7.70. The van der Waals surface area contributed by atoms with E-state index in [9.17, 15) is 0 Å². The topological polar surface area (TPSA) is 44.3 Å². The molecule has 1 aromatic rings. The Hall–Kier alpha value is -1.36. The van der Waals surface area contributed by atoms with Crippen LogP contribution in [0.15, 0.2) is 0 Å². The number of likely N-dealkylation sites (N-methyl/N-ethyl adjacent to an activating group) is 1. The van der Waals surface area contributed by atoms with Crippen molar-refractivity contribution in [3.05, 3.63) is 11.4 Å². The van der Waals surface area contributed by atoms with Gasteiger partial charge in [-0.1, -0.05) is 6.92 Å². The minimum Gasteiger partial charge on any atom is -0.370 e. The molecule has 1 N–H and O–H groups in total. The molecular weight excluding hydrogens is 250 g/mol. The normalized spacial score (nSPS) is 17.1. The summed E-state index contributed by atoms with van der Waals surface area (Å²) in [5.41, 5.74) is 1.17. The Kier molecular flexibility index (Phi) is 5.17. The summed E-state index contributed by atoms with van der Waals surface area (Å²) in [7, 11) is 2.19. The summed E-state index contributed by atoms with van der Waals surface area (Å²) in [6, 6.07) is 0. The van der Waals surface area contributed by atoms with Gasteiger partial charge in [0.1, 0.15) is 17.5 Å². The lowest BCUT2D eigenvalue weighted by Crippen LogP contribution is -2.30. The Balaban J connectivity index is 2.31. The first kappa shape index (κ1) is 15.0. The maximum Gasteiger partial charge on any atom is 0.137 e. The molecule has 112 valence electrons. The Morgan fingerprint density at radius 2 is 1.90 bits per heavy atom. The van der Waals surface area contributed by atoms with Crippen LogP contribution in [0.4, 0.5) is 11.6 Å². The minimum atomic E-state index is 0.874. The highest BCUT2D eigenvalue weighted by Crippen LogP contribution is 2.24.